The van der Waals surface area contributed by atoms with Gasteiger partial charge in [-0.05, 0) is 48.9 Å². The first-order valence-electron chi connectivity index (χ1n) is 10.6. The molecule has 172 valence electrons. The highest BCUT2D eigenvalue weighted by Crippen LogP contribution is 2.29. The monoisotopic (exact) mass is 474 g/mol. The van der Waals surface area contributed by atoms with E-state index < -0.39 is 10.9 Å². The molecule has 0 spiro atoms. The van der Waals surface area contributed by atoms with Crippen molar-refractivity contribution < 1.29 is 8.42 Å². The van der Waals surface area contributed by atoms with Crippen molar-refractivity contribution in [1.29, 1.82) is 0 Å². The first-order valence-corrected chi connectivity index (χ1v) is 11.8. The van der Waals surface area contributed by atoms with Crippen molar-refractivity contribution in [2.24, 2.45) is 0 Å². The molecule has 0 amide bonds. The van der Waals surface area contributed by atoms with Crippen LogP contribution in [0.4, 0.5) is 5.69 Å². The lowest BCUT2D eigenvalue weighted by Crippen LogP contribution is -2.10. The summed E-state index contributed by atoms with van der Waals surface area (Å²) in [7, 11) is -2.61. The molecule has 5 rings (SSSR count). The number of pyridine rings is 2. The van der Waals surface area contributed by atoms with Crippen LogP contribution in [0.5, 0.6) is 0 Å². The molecular weight excluding hydrogens is 452 g/mol. The molecule has 0 fully saturated rings. The van der Waals surface area contributed by atoms with Gasteiger partial charge in [-0.3, -0.25) is 4.98 Å². The summed E-state index contributed by atoms with van der Waals surface area (Å²) in [6, 6.07) is 17.3. The third-order valence-electron chi connectivity index (χ3n) is 5.27. The summed E-state index contributed by atoms with van der Waals surface area (Å²) >= 11 is 0. The highest BCUT2D eigenvalue weighted by molar-refractivity contribution is 7.70. The Labute approximate surface area is 197 Å². The maximum Gasteiger partial charge on any atom is 0.201 e. The van der Waals surface area contributed by atoms with Crippen LogP contribution in [0.1, 0.15) is 17.1 Å². The maximum atomic E-state index is 10.7. The van der Waals surface area contributed by atoms with Crippen molar-refractivity contribution in [2.45, 2.75) is 20.0 Å². The van der Waals surface area contributed by atoms with Crippen LogP contribution >= 0.6 is 0 Å². The van der Waals surface area contributed by atoms with E-state index >= 15 is 0 Å². The Kier molecular flexibility index (Phi) is 6.02. The molecule has 0 aliphatic rings. The van der Waals surface area contributed by atoms with Crippen LogP contribution in [-0.2, 0) is 24.0 Å². The molecule has 0 aliphatic carbocycles. The molecule has 0 bridgehead atoms. The molecular formula is C23H22N8O2S. The molecule has 0 saturated heterocycles. The number of nitrogens with one attached hydrogen (secondary N) is 3. The van der Waals surface area contributed by atoms with E-state index in [0.717, 1.165) is 51.1 Å². The SMILES string of the molecule is Cc1cccc(-c2[nH]c(CNc3ccc(CN[SH](=O)=O)cc3)nc2-c2ccc3ncnn3c2)n1. The lowest BCUT2D eigenvalue weighted by Gasteiger charge is -2.06. The quantitative estimate of drug-likeness (QED) is 0.254. The van der Waals surface area contributed by atoms with Gasteiger partial charge in [-0.15, -0.1) is 0 Å². The average molecular weight is 475 g/mol. The maximum absolute atomic E-state index is 10.7. The second kappa shape index (κ2) is 9.41. The predicted molar refractivity (Wildman–Crippen MR) is 129 cm³/mol. The number of thiol groups is 1. The van der Waals surface area contributed by atoms with Crippen molar-refractivity contribution in [3.8, 4) is 22.6 Å². The first-order chi connectivity index (χ1) is 16.5. The molecule has 0 unspecified atom stereocenters. The lowest BCUT2D eigenvalue weighted by molar-refractivity contribution is 0.601. The van der Waals surface area contributed by atoms with E-state index in [1.165, 1.54) is 6.33 Å². The third-order valence-corrected chi connectivity index (χ3v) is 5.69. The molecule has 10 nitrogen and oxygen atoms in total. The minimum absolute atomic E-state index is 0.267. The summed E-state index contributed by atoms with van der Waals surface area (Å²) in [5, 5.41) is 7.59. The number of rotatable bonds is 8. The Balaban J connectivity index is 1.42. The summed E-state index contributed by atoms with van der Waals surface area (Å²) in [5.41, 5.74) is 6.76. The normalized spacial score (nSPS) is 11.4. The largest absolute Gasteiger partial charge is 0.378 e. The van der Waals surface area contributed by atoms with Gasteiger partial charge in [0.15, 0.2) is 5.65 Å². The molecule has 1 aromatic carbocycles. The summed E-state index contributed by atoms with van der Waals surface area (Å²) in [4.78, 5) is 17.2. The molecule has 0 saturated carbocycles. The van der Waals surface area contributed by atoms with Crippen molar-refractivity contribution >= 4 is 22.2 Å². The van der Waals surface area contributed by atoms with Crippen molar-refractivity contribution in [3.63, 3.8) is 0 Å². The van der Waals surface area contributed by atoms with Crippen molar-refractivity contribution in [2.75, 3.05) is 5.32 Å². The van der Waals surface area contributed by atoms with E-state index in [1.807, 2.05) is 67.7 Å². The molecule has 34 heavy (non-hydrogen) atoms. The van der Waals surface area contributed by atoms with E-state index in [0.29, 0.717) is 6.54 Å². The highest BCUT2D eigenvalue weighted by atomic mass is 32.2. The fraction of sp³-hybridized carbons (Fsp3) is 0.130. The van der Waals surface area contributed by atoms with Gasteiger partial charge in [0.2, 0.25) is 10.9 Å². The molecule has 0 aliphatic heterocycles. The van der Waals surface area contributed by atoms with Gasteiger partial charge in [-0.2, -0.15) is 5.10 Å². The summed E-state index contributed by atoms with van der Waals surface area (Å²) < 4.78 is 25.5. The summed E-state index contributed by atoms with van der Waals surface area (Å²) in [6.45, 7) is 2.69. The van der Waals surface area contributed by atoms with Crippen molar-refractivity contribution in [3.05, 3.63) is 84.2 Å². The molecule has 0 atom stereocenters. The van der Waals surface area contributed by atoms with Crippen LogP contribution in [0.2, 0.25) is 0 Å². The van der Waals surface area contributed by atoms with Crippen molar-refractivity contribution in [1.82, 2.24) is 34.3 Å². The topological polar surface area (TPSA) is 130 Å². The Morgan fingerprint density at radius 3 is 2.65 bits per heavy atom. The van der Waals surface area contributed by atoms with Crippen LogP contribution in [0.25, 0.3) is 28.3 Å². The number of aryl methyl sites for hydroxylation is 1. The van der Waals surface area contributed by atoms with E-state index in [2.05, 4.69) is 30.1 Å². The van der Waals surface area contributed by atoms with Gasteiger partial charge in [0.05, 0.1) is 23.6 Å². The average Bonchev–Trinajstić information content (AvgIpc) is 3.48. The minimum atomic E-state index is -2.61. The molecule has 11 heteroatoms. The van der Waals surface area contributed by atoms with Crippen LogP contribution in [-0.4, -0.2) is 38.0 Å². The fourth-order valence-electron chi connectivity index (χ4n) is 3.62. The zero-order valence-electron chi connectivity index (χ0n) is 18.3. The number of aromatic amines is 1. The number of nitrogens with zero attached hydrogens (tertiary/aromatic N) is 5. The number of imidazole rings is 1. The lowest BCUT2D eigenvalue weighted by atomic mass is 10.1. The molecule has 5 aromatic rings. The van der Waals surface area contributed by atoms with Crippen LogP contribution < -0.4 is 10.0 Å². The Bertz CT molecular complexity index is 1510. The van der Waals surface area contributed by atoms with E-state index in [-0.39, 0.29) is 6.54 Å². The van der Waals surface area contributed by atoms with Crippen LogP contribution in [0.15, 0.2) is 67.1 Å². The zero-order chi connectivity index (χ0) is 23.5. The fourth-order valence-corrected chi connectivity index (χ4v) is 3.93. The van der Waals surface area contributed by atoms with E-state index in [1.54, 1.807) is 4.52 Å². The standard InChI is InChI=1S/C23H22N8O2S/c1-15-3-2-4-19(28-15)23-22(17-7-10-21-25-14-26-31(21)13-17)29-20(30-23)12-24-18-8-5-16(6-9-18)11-27-34(32)33/h2-10,13-14,24,34H,11-12H2,1H3,(H,29,30)(H,27,32,33). The zero-order valence-corrected chi connectivity index (χ0v) is 19.2. The van der Waals surface area contributed by atoms with Crippen LogP contribution in [0, 0.1) is 6.92 Å². The van der Waals surface area contributed by atoms with Gasteiger partial charge < -0.3 is 10.3 Å². The minimum Gasteiger partial charge on any atom is -0.378 e. The second-order valence-electron chi connectivity index (χ2n) is 7.69. The first kappa shape index (κ1) is 21.7. The Morgan fingerprint density at radius 1 is 1.00 bits per heavy atom. The second-order valence-corrected chi connectivity index (χ2v) is 8.52. The summed E-state index contributed by atoms with van der Waals surface area (Å²) in [5.74, 6) is 0.751. The van der Waals surface area contributed by atoms with Gasteiger partial charge >= 0.3 is 0 Å². The van der Waals surface area contributed by atoms with Gasteiger partial charge in [0, 0.05) is 29.7 Å². The van der Waals surface area contributed by atoms with Gasteiger partial charge in [-0.25, -0.2) is 27.6 Å². The molecule has 4 heterocycles. The number of H-pyrrole nitrogens is 1. The number of anilines is 1. The smallest absolute Gasteiger partial charge is 0.201 e. The van der Waals surface area contributed by atoms with Gasteiger partial charge in [0.1, 0.15) is 12.2 Å². The predicted octanol–water partition coefficient (Wildman–Crippen LogP) is 2.72. The number of fused-ring (bicyclic) bond motifs is 1. The van der Waals surface area contributed by atoms with Crippen LogP contribution in [0.3, 0.4) is 0 Å². The number of hydrogen-bond donors (Lipinski definition) is 4. The van der Waals surface area contributed by atoms with Gasteiger partial charge in [0.25, 0.3) is 0 Å². The Hall–Kier alpha value is -4.09. The highest BCUT2D eigenvalue weighted by Gasteiger charge is 2.16. The molecule has 4 aromatic heterocycles. The summed E-state index contributed by atoms with van der Waals surface area (Å²) in [6.07, 6.45) is 3.42. The number of aromatic nitrogens is 6. The molecule has 0 radical (unpaired) electrons. The van der Waals surface area contributed by atoms with E-state index in [4.69, 9.17) is 4.98 Å². The van der Waals surface area contributed by atoms with Gasteiger partial charge in [-0.1, -0.05) is 18.2 Å². The number of hydrogen-bond acceptors (Lipinski definition) is 7. The van der Waals surface area contributed by atoms with E-state index in [9.17, 15) is 8.42 Å². The Morgan fingerprint density at radius 2 is 1.85 bits per heavy atom. The number of benzene rings is 1. The third kappa shape index (κ3) is 4.80. The molecule has 3 N–H and O–H groups in total.